The van der Waals surface area contributed by atoms with E-state index in [4.69, 9.17) is 20.8 Å². The van der Waals surface area contributed by atoms with Gasteiger partial charge in [-0.1, -0.05) is 30.7 Å². The summed E-state index contributed by atoms with van der Waals surface area (Å²) in [5.41, 5.74) is -0.142. The molecule has 0 aliphatic heterocycles. The van der Waals surface area contributed by atoms with E-state index in [0.717, 1.165) is 6.07 Å². The van der Waals surface area contributed by atoms with Gasteiger partial charge < -0.3 is 9.15 Å². The Bertz CT molecular complexity index is 1230. The number of aromatic amines is 1. The summed E-state index contributed by atoms with van der Waals surface area (Å²) in [6.45, 7) is 1.43. The molecule has 0 aliphatic rings. The van der Waals surface area contributed by atoms with Crippen LogP contribution in [0.15, 0.2) is 50.5 Å². The summed E-state index contributed by atoms with van der Waals surface area (Å²) in [5, 5.41) is 5.92. The van der Waals surface area contributed by atoms with Crippen molar-refractivity contribution in [2.45, 2.75) is 23.8 Å². The molecule has 0 radical (unpaired) electrons. The van der Waals surface area contributed by atoms with E-state index in [0.29, 0.717) is 0 Å². The molecule has 0 bridgehead atoms. The second-order valence-corrected chi connectivity index (χ2v) is 8.40. The Kier molecular flexibility index (Phi) is 6.25. The molecule has 2 atom stereocenters. The van der Waals surface area contributed by atoms with Crippen molar-refractivity contribution in [3.63, 3.8) is 0 Å². The topological polar surface area (TPSA) is 114 Å². The highest BCUT2D eigenvalue weighted by Gasteiger charge is 2.34. The quantitative estimate of drug-likeness (QED) is 0.561. The van der Waals surface area contributed by atoms with Crippen LogP contribution in [0.2, 0.25) is 5.02 Å². The number of H-pyrrole nitrogens is 1. The van der Waals surface area contributed by atoms with E-state index in [9.17, 15) is 22.0 Å². The van der Waals surface area contributed by atoms with E-state index < -0.39 is 39.4 Å². The second kappa shape index (κ2) is 8.54. The number of ether oxygens (including phenoxy) is 1. The van der Waals surface area contributed by atoms with Crippen molar-refractivity contribution in [1.82, 2.24) is 14.9 Å². The zero-order valence-electron chi connectivity index (χ0n) is 15.6. The Labute approximate surface area is 174 Å². The van der Waals surface area contributed by atoms with Crippen LogP contribution in [-0.4, -0.2) is 25.7 Å². The number of rotatable bonds is 7. The monoisotopic (exact) mass is 459 g/mol. The van der Waals surface area contributed by atoms with Crippen LogP contribution in [0.25, 0.3) is 0 Å². The molecule has 3 rings (SSSR count). The minimum absolute atomic E-state index is 0.0400. The van der Waals surface area contributed by atoms with Crippen molar-refractivity contribution in [2.24, 2.45) is 0 Å². The Morgan fingerprint density at radius 2 is 2.00 bits per heavy atom. The largest absolute Gasteiger partial charge is 0.495 e. The van der Waals surface area contributed by atoms with Gasteiger partial charge in [-0.25, -0.2) is 27.1 Å². The fraction of sp³-hybridized carbons (Fsp3) is 0.222. The minimum atomic E-state index is -4.30. The first kappa shape index (κ1) is 21.9. The SMILES string of the molecule is COc1cc(Cl)ccc1S(=O)(=O)N[C@H](c1n[nH]c(=O)o1)C(C)c1cccc(F)c1F. The number of nitrogens with zero attached hydrogens (tertiary/aromatic N) is 1. The molecule has 0 amide bonds. The average molecular weight is 460 g/mol. The van der Waals surface area contributed by atoms with Gasteiger partial charge in [-0.05, 0) is 23.8 Å². The smallest absolute Gasteiger partial charge is 0.434 e. The summed E-state index contributed by atoms with van der Waals surface area (Å²) in [5.74, 6) is -4.61. The van der Waals surface area contributed by atoms with Crippen molar-refractivity contribution in [3.05, 3.63) is 75.1 Å². The molecular formula is C18H16ClF2N3O5S. The van der Waals surface area contributed by atoms with Crippen molar-refractivity contribution >= 4 is 21.6 Å². The van der Waals surface area contributed by atoms with Gasteiger partial charge in [0.05, 0.1) is 7.11 Å². The van der Waals surface area contributed by atoms with Crippen LogP contribution in [-0.2, 0) is 10.0 Å². The van der Waals surface area contributed by atoms with E-state index >= 15 is 0 Å². The van der Waals surface area contributed by atoms with Crippen LogP contribution < -0.4 is 15.2 Å². The fourth-order valence-electron chi connectivity index (χ4n) is 2.89. The van der Waals surface area contributed by atoms with Gasteiger partial charge in [0.25, 0.3) is 0 Å². The molecule has 3 aromatic rings. The molecule has 12 heteroatoms. The number of halogens is 3. The third kappa shape index (κ3) is 4.37. The predicted octanol–water partition coefficient (Wildman–Crippen LogP) is 3.13. The first-order valence-electron chi connectivity index (χ1n) is 8.49. The van der Waals surface area contributed by atoms with Crippen molar-refractivity contribution in [1.29, 1.82) is 0 Å². The van der Waals surface area contributed by atoms with Crippen LogP contribution in [0.5, 0.6) is 5.75 Å². The molecule has 8 nitrogen and oxygen atoms in total. The van der Waals surface area contributed by atoms with Gasteiger partial charge in [0.15, 0.2) is 11.6 Å². The van der Waals surface area contributed by atoms with E-state index in [1.54, 1.807) is 0 Å². The molecule has 1 aromatic heterocycles. The molecule has 0 saturated heterocycles. The van der Waals surface area contributed by atoms with E-state index in [2.05, 4.69) is 9.82 Å². The number of benzene rings is 2. The van der Waals surface area contributed by atoms with E-state index in [1.807, 2.05) is 5.10 Å². The standard InChI is InChI=1S/C18H16ClF2N3O5S/c1-9(11-4-3-5-12(20)15(11)21)16(17-22-23-18(25)29-17)24-30(26,27)14-7-6-10(19)8-13(14)28-2/h3-9,16,24H,1-2H3,(H,23,25)/t9?,16-/m0/s1. The third-order valence-corrected chi connectivity index (χ3v) is 6.11. The lowest BCUT2D eigenvalue weighted by Gasteiger charge is -2.23. The Hall–Kier alpha value is -2.76. The maximum Gasteiger partial charge on any atom is 0.434 e. The van der Waals surface area contributed by atoms with Crippen LogP contribution in [0.1, 0.15) is 30.3 Å². The number of methoxy groups -OCH3 is 1. The van der Waals surface area contributed by atoms with Crippen molar-refractivity contribution < 1.29 is 26.4 Å². The van der Waals surface area contributed by atoms with E-state index in [-0.39, 0.29) is 27.1 Å². The van der Waals surface area contributed by atoms with Gasteiger partial charge in [-0.3, -0.25) is 0 Å². The molecule has 30 heavy (non-hydrogen) atoms. The highest BCUT2D eigenvalue weighted by molar-refractivity contribution is 7.89. The lowest BCUT2D eigenvalue weighted by atomic mass is 9.93. The minimum Gasteiger partial charge on any atom is -0.495 e. The maximum absolute atomic E-state index is 14.3. The number of hydrogen-bond acceptors (Lipinski definition) is 6. The first-order chi connectivity index (χ1) is 14.1. The van der Waals surface area contributed by atoms with Gasteiger partial charge in [-0.15, -0.1) is 5.10 Å². The lowest BCUT2D eigenvalue weighted by Crippen LogP contribution is -2.33. The number of hydrogen-bond donors (Lipinski definition) is 2. The predicted molar refractivity (Wildman–Crippen MR) is 103 cm³/mol. The number of aromatic nitrogens is 2. The second-order valence-electron chi connectivity index (χ2n) is 6.28. The van der Waals surface area contributed by atoms with Gasteiger partial charge in [0.2, 0.25) is 15.9 Å². The average Bonchev–Trinajstić information content (AvgIpc) is 3.13. The van der Waals surface area contributed by atoms with Gasteiger partial charge in [0, 0.05) is 17.0 Å². The number of nitrogens with one attached hydrogen (secondary N) is 2. The maximum atomic E-state index is 14.3. The molecule has 2 N–H and O–H groups in total. The Balaban J connectivity index is 2.08. The van der Waals surface area contributed by atoms with Crippen molar-refractivity contribution in [3.8, 4) is 5.75 Å². The summed E-state index contributed by atoms with van der Waals surface area (Å²) in [6, 6.07) is 6.00. The normalized spacial score (nSPS) is 13.8. The van der Waals surface area contributed by atoms with Gasteiger partial charge in [0.1, 0.15) is 16.7 Å². The zero-order chi connectivity index (χ0) is 22.1. The summed E-state index contributed by atoms with van der Waals surface area (Å²) >= 11 is 5.88. The first-order valence-corrected chi connectivity index (χ1v) is 10.4. The lowest BCUT2D eigenvalue weighted by molar-refractivity contribution is 0.372. The van der Waals surface area contributed by atoms with Crippen LogP contribution >= 0.6 is 11.6 Å². The van der Waals surface area contributed by atoms with Crippen LogP contribution in [0.4, 0.5) is 8.78 Å². The molecular weight excluding hydrogens is 444 g/mol. The Morgan fingerprint density at radius 3 is 2.63 bits per heavy atom. The highest BCUT2D eigenvalue weighted by Crippen LogP contribution is 2.34. The highest BCUT2D eigenvalue weighted by atomic mass is 35.5. The molecule has 2 aromatic carbocycles. The molecule has 0 aliphatic carbocycles. The summed E-state index contributed by atoms with van der Waals surface area (Å²) in [6.07, 6.45) is 0. The van der Waals surface area contributed by atoms with Gasteiger partial charge >= 0.3 is 5.76 Å². The molecule has 1 heterocycles. The fourth-order valence-corrected chi connectivity index (χ4v) is 4.47. The Morgan fingerprint density at radius 1 is 1.27 bits per heavy atom. The van der Waals surface area contributed by atoms with E-state index in [1.165, 1.54) is 44.4 Å². The van der Waals surface area contributed by atoms with Crippen molar-refractivity contribution in [2.75, 3.05) is 7.11 Å². The molecule has 160 valence electrons. The molecule has 0 fully saturated rings. The van der Waals surface area contributed by atoms with Crippen LogP contribution in [0.3, 0.4) is 0 Å². The summed E-state index contributed by atoms with van der Waals surface area (Å²) < 4.78 is 66.4. The molecule has 0 saturated carbocycles. The number of sulfonamides is 1. The summed E-state index contributed by atoms with van der Waals surface area (Å²) in [7, 11) is -3.04. The summed E-state index contributed by atoms with van der Waals surface area (Å²) in [4.78, 5) is 11.2. The third-order valence-electron chi connectivity index (χ3n) is 4.39. The molecule has 0 spiro atoms. The zero-order valence-corrected chi connectivity index (χ0v) is 17.2. The van der Waals surface area contributed by atoms with Crippen LogP contribution in [0, 0.1) is 11.6 Å². The molecule has 1 unspecified atom stereocenters. The van der Waals surface area contributed by atoms with Gasteiger partial charge in [-0.2, -0.15) is 4.72 Å².